The molecule has 0 aliphatic heterocycles. The van der Waals surface area contributed by atoms with Gasteiger partial charge in [0.25, 0.3) is 0 Å². The van der Waals surface area contributed by atoms with Crippen molar-refractivity contribution < 1.29 is 24.5 Å². The smallest absolute Gasteiger partial charge is 0.305 e. The van der Waals surface area contributed by atoms with Gasteiger partial charge in [-0.15, -0.1) is 0 Å². The summed E-state index contributed by atoms with van der Waals surface area (Å²) in [5.74, 6) is -0.0682. The number of nitrogens with one attached hydrogen (secondary N) is 1. The van der Waals surface area contributed by atoms with Crippen LogP contribution in [0.1, 0.15) is 348 Å². The minimum Gasteiger partial charge on any atom is -0.466 e. The summed E-state index contributed by atoms with van der Waals surface area (Å²) in [5, 5.41) is 23.2. The first-order valence-corrected chi connectivity index (χ1v) is 31.6. The van der Waals surface area contributed by atoms with E-state index in [1.165, 1.54) is 270 Å². The Hall–Kier alpha value is -1.66. The molecule has 0 aromatic rings. The summed E-state index contributed by atoms with van der Waals surface area (Å²) in [7, 11) is 0. The molecule has 0 aromatic heterocycles. The van der Waals surface area contributed by atoms with Crippen LogP contribution in [-0.2, 0) is 14.3 Å². The summed E-state index contributed by atoms with van der Waals surface area (Å²) in [6, 6.07) is -0.635. The van der Waals surface area contributed by atoms with Crippen LogP contribution >= 0.6 is 0 Å². The van der Waals surface area contributed by atoms with E-state index < -0.39 is 12.1 Å². The van der Waals surface area contributed by atoms with Gasteiger partial charge in [0.15, 0.2) is 0 Å². The summed E-state index contributed by atoms with van der Waals surface area (Å²) in [4.78, 5) is 24.5. The number of hydrogen-bond acceptors (Lipinski definition) is 5. The maximum Gasteiger partial charge on any atom is 0.305 e. The predicted octanol–water partition coefficient (Wildman–Crippen LogP) is 19.8. The van der Waals surface area contributed by atoms with Gasteiger partial charge in [0, 0.05) is 12.8 Å². The van der Waals surface area contributed by atoms with Crippen molar-refractivity contribution in [2.75, 3.05) is 13.2 Å². The lowest BCUT2D eigenvalue weighted by Crippen LogP contribution is -2.45. The first-order chi connectivity index (χ1) is 34.5. The Morgan fingerprint density at radius 3 is 1.01 bits per heavy atom. The normalized spacial score (nSPS) is 12.7. The number of carbonyl (C=O) groups excluding carboxylic acids is 2. The van der Waals surface area contributed by atoms with E-state index >= 15 is 0 Å². The van der Waals surface area contributed by atoms with Crippen LogP contribution in [0.5, 0.6) is 0 Å². The molecule has 0 saturated carbocycles. The lowest BCUT2D eigenvalue weighted by Gasteiger charge is -2.20. The molecule has 0 fully saturated rings. The van der Waals surface area contributed by atoms with E-state index in [2.05, 4.69) is 31.3 Å². The van der Waals surface area contributed by atoms with Gasteiger partial charge >= 0.3 is 5.97 Å². The molecule has 0 aromatic carbocycles. The molecule has 0 spiro atoms. The second-order valence-corrected chi connectivity index (χ2v) is 21.7. The average molecular weight is 987 g/mol. The van der Waals surface area contributed by atoms with Crippen LogP contribution in [0.25, 0.3) is 0 Å². The highest BCUT2D eigenvalue weighted by Crippen LogP contribution is 2.17. The maximum absolute atomic E-state index is 12.5. The van der Waals surface area contributed by atoms with Gasteiger partial charge in [0.2, 0.25) is 5.91 Å². The third-order valence-corrected chi connectivity index (χ3v) is 14.7. The summed E-state index contributed by atoms with van der Waals surface area (Å²) in [6.45, 7) is 4.92. The monoisotopic (exact) mass is 986 g/mol. The molecule has 0 aliphatic carbocycles. The molecule has 2 atom stereocenters. The van der Waals surface area contributed by atoms with Gasteiger partial charge in [-0.3, -0.25) is 9.59 Å². The van der Waals surface area contributed by atoms with Crippen LogP contribution in [-0.4, -0.2) is 47.4 Å². The van der Waals surface area contributed by atoms with Crippen LogP contribution in [0.3, 0.4) is 0 Å². The van der Waals surface area contributed by atoms with E-state index in [9.17, 15) is 19.8 Å². The third-order valence-electron chi connectivity index (χ3n) is 14.7. The standard InChI is InChI=1S/C64H123NO5/c1-3-5-7-9-11-13-15-17-19-20-22-25-29-32-36-40-44-48-52-56-62(67)61(60-66)65-63(68)57-53-49-45-41-37-33-30-26-23-21-24-27-31-35-39-43-47-51-55-59-70-64(69)58-54-50-46-42-38-34-28-18-16-14-12-10-8-6-4-2/h21,23,52,56,61-62,66-67H,3-20,22,24-51,53-55,57-60H2,1-2H3,(H,65,68)/b23-21-,56-52+. The Kier molecular flexibility index (Phi) is 58.5. The van der Waals surface area contributed by atoms with Crippen molar-refractivity contribution in [1.82, 2.24) is 5.32 Å². The summed E-state index contributed by atoms with van der Waals surface area (Å²) < 4.78 is 5.48. The highest BCUT2D eigenvalue weighted by molar-refractivity contribution is 5.76. The Balaban J connectivity index is 3.46. The van der Waals surface area contributed by atoms with Gasteiger partial charge in [-0.2, -0.15) is 0 Å². The van der Waals surface area contributed by atoms with Crippen molar-refractivity contribution in [2.45, 2.75) is 360 Å². The topological polar surface area (TPSA) is 95.9 Å². The number of amides is 1. The molecular formula is C64H123NO5. The fraction of sp³-hybridized carbons (Fsp3) is 0.906. The molecule has 6 heteroatoms. The maximum atomic E-state index is 12.5. The van der Waals surface area contributed by atoms with E-state index in [-0.39, 0.29) is 18.5 Å². The lowest BCUT2D eigenvalue weighted by molar-refractivity contribution is -0.143. The number of carbonyl (C=O) groups is 2. The number of aliphatic hydroxyl groups is 2. The molecule has 3 N–H and O–H groups in total. The van der Waals surface area contributed by atoms with E-state index in [0.717, 1.165) is 51.4 Å². The Morgan fingerprint density at radius 2 is 0.671 bits per heavy atom. The number of allylic oxidation sites excluding steroid dienone is 3. The molecule has 2 unspecified atom stereocenters. The van der Waals surface area contributed by atoms with Crippen molar-refractivity contribution in [3.05, 3.63) is 24.3 Å². The Labute approximate surface area is 437 Å². The number of unbranched alkanes of at least 4 members (excludes halogenated alkanes) is 46. The largest absolute Gasteiger partial charge is 0.466 e. The summed E-state index contributed by atoms with van der Waals surface area (Å²) in [6.07, 6.45) is 73.6. The fourth-order valence-electron chi connectivity index (χ4n) is 9.87. The number of rotatable bonds is 59. The molecule has 0 radical (unpaired) electrons. The van der Waals surface area contributed by atoms with Crippen molar-refractivity contribution in [3.8, 4) is 0 Å². The molecule has 414 valence electrons. The van der Waals surface area contributed by atoms with Gasteiger partial charge < -0.3 is 20.3 Å². The quantitative estimate of drug-likeness (QED) is 0.0321. The minimum absolute atomic E-state index is 0.00659. The molecular weight excluding hydrogens is 863 g/mol. The van der Waals surface area contributed by atoms with Crippen LogP contribution < -0.4 is 5.32 Å². The molecule has 6 nitrogen and oxygen atoms in total. The van der Waals surface area contributed by atoms with Crippen LogP contribution in [0, 0.1) is 0 Å². The first-order valence-electron chi connectivity index (χ1n) is 31.6. The molecule has 0 aliphatic rings. The molecule has 1 amide bonds. The highest BCUT2D eigenvalue weighted by Gasteiger charge is 2.18. The predicted molar refractivity (Wildman–Crippen MR) is 306 cm³/mol. The summed E-state index contributed by atoms with van der Waals surface area (Å²) >= 11 is 0. The van der Waals surface area contributed by atoms with Gasteiger partial charge in [-0.25, -0.2) is 0 Å². The van der Waals surface area contributed by atoms with Crippen molar-refractivity contribution in [2.24, 2.45) is 0 Å². The molecule has 0 bridgehead atoms. The minimum atomic E-state index is -0.851. The molecule has 0 saturated heterocycles. The summed E-state index contributed by atoms with van der Waals surface area (Å²) in [5.41, 5.74) is 0. The highest BCUT2D eigenvalue weighted by atomic mass is 16.5. The van der Waals surface area contributed by atoms with E-state index in [0.29, 0.717) is 19.4 Å². The van der Waals surface area contributed by atoms with Gasteiger partial charge in [0.05, 0.1) is 25.4 Å². The number of aliphatic hydroxyl groups excluding tert-OH is 2. The molecule has 70 heavy (non-hydrogen) atoms. The van der Waals surface area contributed by atoms with E-state index in [4.69, 9.17) is 4.74 Å². The van der Waals surface area contributed by atoms with Gasteiger partial charge in [0.1, 0.15) is 0 Å². The van der Waals surface area contributed by atoms with Gasteiger partial charge in [-0.05, 0) is 57.8 Å². The average Bonchev–Trinajstić information content (AvgIpc) is 3.36. The number of hydrogen-bond donors (Lipinski definition) is 3. The second kappa shape index (κ2) is 59.9. The molecule has 0 heterocycles. The Bertz CT molecular complexity index is 1090. The van der Waals surface area contributed by atoms with Crippen molar-refractivity contribution in [1.29, 1.82) is 0 Å². The number of esters is 1. The molecule has 0 rings (SSSR count). The van der Waals surface area contributed by atoms with Crippen LogP contribution in [0.15, 0.2) is 24.3 Å². The lowest BCUT2D eigenvalue weighted by atomic mass is 10.0. The zero-order valence-corrected chi connectivity index (χ0v) is 47.3. The van der Waals surface area contributed by atoms with Crippen LogP contribution in [0.4, 0.5) is 0 Å². The van der Waals surface area contributed by atoms with E-state index in [1.54, 1.807) is 6.08 Å². The van der Waals surface area contributed by atoms with Crippen molar-refractivity contribution in [3.63, 3.8) is 0 Å². The second-order valence-electron chi connectivity index (χ2n) is 21.7. The van der Waals surface area contributed by atoms with Gasteiger partial charge in [-0.1, -0.05) is 301 Å². The Morgan fingerprint density at radius 1 is 0.386 bits per heavy atom. The first kappa shape index (κ1) is 68.3. The van der Waals surface area contributed by atoms with Crippen molar-refractivity contribution >= 4 is 11.9 Å². The SMILES string of the molecule is CCCCCCCCCCCCCCCCCCC/C=C/C(O)C(CO)NC(=O)CCCCCCCCC/C=C\CCCCCCCCCCOC(=O)CCCCCCCCCCCCCCCCC. The van der Waals surface area contributed by atoms with Crippen LogP contribution in [0.2, 0.25) is 0 Å². The fourth-order valence-corrected chi connectivity index (χ4v) is 9.87. The van der Waals surface area contributed by atoms with E-state index in [1.807, 2.05) is 6.08 Å². The zero-order chi connectivity index (χ0) is 50.7. The third kappa shape index (κ3) is 55.7. The zero-order valence-electron chi connectivity index (χ0n) is 47.3. The number of ether oxygens (including phenoxy) is 1.